The van der Waals surface area contributed by atoms with Gasteiger partial charge in [0.25, 0.3) is 0 Å². The Morgan fingerprint density at radius 2 is 2.00 bits per heavy atom. The van der Waals surface area contributed by atoms with Gasteiger partial charge in [-0.3, -0.25) is 4.68 Å². The highest BCUT2D eigenvalue weighted by atomic mass is 28.4. The maximum absolute atomic E-state index is 9.21. The topological polar surface area (TPSA) is 47.3 Å². The molecule has 0 unspecified atom stereocenters. The Morgan fingerprint density at radius 1 is 1.39 bits per heavy atom. The largest absolute Gasteiger partial charge is 0.416 e. The van der Waals surface area contributed by atoms with Gasteiger partial charge in [-0.15, -0.1) is 0 Å². The third-order valence-corrected chi connectivity index (χ3v) is 8.32. The highest BCUT2D eigenvalue weighted by Gasteiger charge is 2.36. The zero-order valence-electron chi connectivity index (χ0n) is 12.4. The molecule has 104 valence electrons. The van der Waals surface area contributed by atoms with Crippen molar-refractivity contribution in [3.63, 3.8) is 0 Å². The summed E-state index contributed by atoms with van der Waals surface area (Å²) in [5, 5.41) is 13.7. The molecule has 0 atom stereocenters. The summed E-state index contributed by atoms with van der Waals surface area (Å²) in [6.07, 6.45) is 2.77. The van der Waals surface area contributed by atoms with Crippen molar-refractivity contribution in [1.82, 2.24) is 9.78 Å². The lowest BCUT2D eigenvalue weighted by molar-refractivity contribution is 0.270. The number of rotatable bonds is 5. The molecule has 1 aromatic rings. The molecule has 1 aromatic heterocycles. The van der Waals surface area contributed by atoms with Crippen LogP contribution < -0.4 is 0 Å². The first kappa shape index (κ1) is 15.4. The summed E-state index contributed by atoms with van der Waals surface area (Å²) in [6, 6.07) is 0. The number of nitrogens with zero attached hydrogens (tertiary/aromatic N) is 2. The van der Waals surface area contributed by atoms with E-state index < -0.39 is 8.32 Å². The van der Waals surface area contributed by atoms with E-state index in [-0.39, 0.29) is 11.6 Å². The van der Waals surface area contributed by atoms with Crippen molar-refractivity contribution < 1.29 is 9.53 Å². The average molecular weight is 270 g/mol. The molecule has 5 heteroatoms. The highest BCUT2D eigenvalue weighted by molar-refractivity contribution is 6.74. The molecule has 0 spiro atoms. The minimum atomic E-state index is -1.67. The summed E-state index contributed by atoms with van der Waals surface area (Å²) < 4.78 is 7.87. The standard InChI is InChI=1S/C13H26N2O2Si/c1-13(2,3)18(5,6)17-8-7-11-9-15(4)14-12(11)10-16/h9,16H,7-8,10H2,1-6H3. The molecule has 1 rings (SSSR count). The lowest BCUT2D eigenvalue weighted by Crippen LogP contribution is -2.41. The van der Waals surface area contributed by atoms with Crippen LogP contribution in [-0.4, -0.2) is 29.8 Å². The van der Waals surface area contributed by atoms with E-state index in [2.05, 4.69) is 39.0 Å². The van der Waals surface area contributed by atoms with Crippen LogP contribution in [0, 0.1) is 0 Å². The van der Waals surface area contributed by atoms with Gasteiger partial charge in [0.1, 0.15) is 0 Å². The summed E-state index contributed by atoms with van der Waals surface area (Å²) in [6.45, 7) is 11.9. The van der Waals surface area contributed by atoms with Gasteiger partial charge in [0.2, 0.25) is 0 Å². The monoisotopic (exact) mass is 270 g/mol. The fourth-order valence-corrected chi connectivity index (χ4v) is 2.60. The smallest absolute Gasteiger partial charge is 0.191 e. The molecule has 4 nitrogen and oxygen atoms in total. The van der Waals surface area contributed by atoms with Gasteiger partial charge in [-0.2, -0.15) is 5.10 Å². The van der Waals surface area contributed by atoms with E-state index in [1.165, 1.54) is 0 Å². The van der Waals surface area contributed by atoms with Crippen molar-refractivity contribution in [1.29, 1.82) is 0 Å². The zero-order valence-corrected chi connectivity index (χ0v) is 13.4. The first-order chi connectivity index (χ1) is 8.17. The van der Waals surface area contributed by atoms with Gasteiger partial charge >= 0.3 is 0 Å². The van der Waals surface area contributed by atoms with Crippen LogP contribution in [0.1, 0.15) is 32.0 Å². The molecule has 0 fully saturated rings. The fourth-order valence-electron chi connectivity index (χ4n) is 1.56. The van der Waals surface area contributed by atoms with E-state index in [4.69, 9.17) is 4.43 Å². The molecule has 18 heavy (non-hydrogen) atoms. The fraction of sp³-hybridized carbons (Fsp3) is 0.769. The SMILES string of the molecule is Cn1cc(CCO[Si](C)(C)C(C)(C)C)c(CO)n1. The molecule has 0 saturated carbocycles. The Labute approximate surface area is 111 Å². The minimum Gasteiger partial charge on any atom is -0.416 e. The van der Waals surface area contributed by atoms with E-state index in [0.717, 1.165) is 17.7 Å². The number of aryl methyl sites for hydroxylation is 1. The molecule has 0 aromatic carbocycles. The highest BCUT2D eigenvalue weighted by Crippen LogP contribution is 2.36. The first-order valence-corrected chi connectivity index (χ1v) is 9.34. The van der Waals surface area contributed by atoms with Gasteiger partial charge in [0.15, 0.2) is 8.32 Å². The van der Waals surface area contributed by atoms with Gasteiger partial charge in [-0.1, -0.05) is 20.8 Å². The Balaban J connectivity index is 2.56. The second-order valence-corrected chi connectivity index (χ2v) is 11.1. The Kier molecular flexibility index (Phi) is 4.75. The number of aromatic nitrogens is 2. The predicted molar refractivity (Wildman–Crippen MR) is 76.0 cm³/mol. The quantitative estimate of drug-likeness (QED) is 0.836. The first-order valence-electron chi connectivity index (χ1n) is 6.43. The second-order valence-electron chi connectivity index (χ2n) is 6.29. The summed E-state index contributed by atoms with van der Waals surface area (Å²) in [7, 11) is 0.203. The molecule has 0 radical (unpaired) electrons. The van der Waals surface area contributed by atoms with Crippen molar-refractivity contribution in [2.75, 3.05) is 6.61 Å². The van der Waals surface area contributed by atoms with E-state index >= 15 is 0 Å². The van der Waals surface area contributed by atoms with Crippen molar-refractivity contribution >= 4 is 8.32 Å². The van der Waals surface area contributed by atoms with Gasteiger partial charge in [0.05, 0.1) is 12.3 Å². The van der Waals surface area contributed by atoms with Gasteiger partial charge in [-0.25, -0.2) is 0 Å². The van der Waals surface area contributed by atoms with Gasteiger partial charge in [-0.05, 0) is 30.1 Å². The third-order valence-electron chi connectivity index (χ3n) is 3.78. The minimum absolute atomic E-state index is 0.00370. The van der Waals surface area contributed by atoms with Crippen molar-refractivity contribution in [3.8, 4) is 0 Å². The third kappa shape index (κ3) is 3.67. The lowest BCUT2D eigenvalue weighted by atomic mass is 10.2. The van der Waals surface area contributed by atoms with Crippen molar-refractivity contribution in [2.45, 2.75) is 51.9 Å². The van der Waals surface area contributed by atoms with Gasteiger partial charge in [0, 0.05) is 19.9 Å². The lowest BCUT2D eigenvalue weighted by Gasteiger charge is -2.36. The normalized spacial score (nSPS) is 13.1. The van der Waals surface area contributed by atoms with E-state index in [9.17, 15) is 5.11 Å². The number of hydrogen-bond donors (Lipinski definition) is 1. The average Bonchev–Trinajstić information content (AvgIpc) is 2.57. The van der Waals surface area contributed by atoms with Crippen LogP contribution >= 0.6 is 0 Å². The molecule has 1 N–H and O–H groups in total. The molecule has 0 aliphatic rings. The number of hydrogen-bond acceptors (Lipinski definition) is 3. The molecule has 0 aliphatic heterocycles. The maximum atomic E-state index is 9.21. The summed E-state index contributed by atoms with van der Waals surface area (Å²) in [5.41, 5.74) is 1.84. The van der Waals surface area contributed by atoms with Crippen LogP contribution in [0.15, 0.2) is 6.20 Å². The molecule has 0 bridgehead atoms. The Hall–Kier alpha value is -0.653. The van der Waals surface area contributed by atoms with E-state index in [1.54, 1.807) is 4.68 Å². The summed E-state index contributed by atoms with van der Waals surface area (Å²) in [5.74, 6) is 0. The van der Waals surface area contributed by atoms with Crippen LogP contribution in [0.3, 0.4) is 0 Å². The molecular formula is C13H26N2O2Si. The van der Waals surface area contributed by atoms with E-state index in [1.807, 2.05) is 13.2 Å². The molecule has 1 heterocycles. The Morgan fingerprint density at radius 3 is 2.50 bits per heavy atom. The maximum Gasteiger partial charge on any atom is 0.191 e. The molecule has 0 saturated heterocycles. The number of aliphatic hydroxyl groups excluding tert-OH is 1. The Bertz CT molecular complexity index is 394. The van der Waals surface area contributed by atoms with Gasteiger partial charge < -0.3 is 9.53 Å². The van der Waals surface area contributed by atoms with Crippen molar-refractivity contribution in [3.05, 3.63) is 17.5 Å². The van der Waals surface area contributed by atoms with E-state index in [0.29, 0.717) is 6.61 Å². The van der Waals surface area contributed by atoms with Crippen LogP contribution in [-0.2, 0) is 24.5 Å². The van der Waals surface area contributed by atoms with Crippen LogP contribution in [0.2, 0.25) is 18.1 Å². The van der Waals surface area contributed by atoms with Crippen LogP contribution in [0.5, 0.6) is 0 Å². The molecular weight excluding hydrogens is 244 g/mol. The molecule has 0 amide bonds. The molecule has 0 aliphatic carbocycles. The van der Waals surface area contributed by atoms with Crippen molar-refractivity contribution in [2.24, 2.45) is 7.05 Å². The summed E-state index contributed by atoms with van der Waals surface area (Å²) in [4.78, 5) is 0. The predicted octanol–water partition coefficient (Wildman–Crippen LogP) is 2.48. The number of aliphatic hydroxyl groups is 1. The van der Waals surface area contributed by atoms with Crippen LogP contribution in [0.4, 0.5) is 0 Å². The summed E-state index contributed by atoms with van der Waals surface area (Å²) >= 11 is 0. The zero-order chi connectivity index (χ0) is 14.0. The van der Waals surface area contributed by atoms with Crippen LogP contribution in [0.25, 0.3) is 0 Å². The second kappa shape index (κ2) is 5.55.